The summed E-state index contributed by atoms with van der Waals surface area (Å²) in [5.41, 5.74) is 4.65. The van der Waals surface area contributed by atoms with E-state index in [1.54, 1.807) is 0 Å². The molecule has 0 bridgehead atoms. The highest BCUT2D eigenvalue weighted by atomic mass is 19.2. The normalized spacial score (nSPS) is 10.2. The lowest BCUT2D eigenvalue weighted by atomic mass is 10.2. The Morgan fingerprint density at radius 1 is 1.33 bits per heavy atom. The van der Waals surface area contributed by atoms with Crippen molar-refractivity contribution in [2.24, 2.45) is 5.73 Å². The number of carbonyl (C=O) groups excluding carboxylic acids is 1. The molecule has 24 heavy (non-hydrogen) atoms. The monoisotopic (exact) mass is 338 g/mol. The number of hydrogen-bond acceptors (Lipinski definition) is 6. The third-order valence-electron chi connectivity index (χ3n) is 2.90. The van der Waals surface area contributed by atoms with E-state index in [-0.39, 0.29) is 36.0 Å². The summed E-state index contributed by atoms with van der Waals surface area (Å²) in [5, 5.41) is 13.4. The van der Waals surface area contributed by atoms with E-state index in [1.165, 1.54) is 6.07 Å². The first kappa shape index (κ1) is 17.1. The number of primary amides is 1. The molecule has 0 aliphatic rings. The Kier molecular flexibility index (Phi) is 5.20. The van der Waals surface area contributed by atoms with Gasteiger partial charge in [0.25, 0.3) is 11.6 Å². The van der Waals surface area contributed by atoms with Crippen LogP contribution in [-0.2, 0) is 0 Å². The Morgan fingerprint density at radius 3 is 2.71 bits per heavy atom. The van der Waals surface area contributed by atoms with Crippen LogP contribution in [0, 0.1) is 21.7 Å². The maximum atomic E-state index is 13.0. The van der Waals surface area contributed by atoms with E-state index in [9.17, 15) is 23.7 Å². The molecule has 1 heterocycles. The molecule has 1 amide bonds. The summed E-state index contributed by atoms with van der Waals surface area (Å²) in [6.07, 6.45) is 0.977. The molecular formula is C14H12F2N4O4. The summed E-state index contributed by atoms with van der Waals surface area (Å²) < 4.78 is 31.0. The van der Waals surface area contributed by atoms with Gasteiger partial charge in [-0.2, -0.15) is 0 Å². The average molecular weight is 338 g/mol. The molecule has 1 aromatic heterocycles. The van der Waals surface area contributed by atoms with Crippen molar-refractivity contribution in [2.45, 2.75) is 0 Å². The van der Waals surface area contributed by atoms with E-state index in [2.05, 4.69) is 10.3 Å². The zero-order chi connectivity index (χ0) is 17.7. The predicted molar refractivity (Wildman–Crippen MR) is 79.8 cm³/mol. The number of ether oxygens (including phenoxy) is 1. The minimum Gasteiger partial charge on any atom is -0.492 e. The van der Waals surface area contributed by atoms with Crippen LogP contribution in [0.25, 0.3) is 0 Å². The Bertz CT molecular complexity index is 785. The van der Waals surface area contributed by atoms with Crippen molar-refractivity contribution in [3.63, 3.8) is 0 Å². The fourth-order valence-electron chi connectivity index (χ4n) is 1.79. The number of rotatable bonds is 7. The van der Waals surface area contributed by atoms with E-state index in [0.717, 1.165) is 24.4 Å². The molecule has 10 heteroatoms. The lowest BCUT2D eigenvalue weighted by Crippen LogP contribution is -2.18. The highest BCUT2D eigenvalue weighted by Crippen LogP contribution is 2.19. The first-order valence-corrected chi connectivity index (χ1v) is 6.64. The van der Waals surface area contributed by atoms with E-state index < -0.39 is 22.5 Å². The third kappa shape index (κ3) is 4.12. The van der Waals surface area contributed by atoms with Gasteiger partial charge in [-0.05, 0) is 12.1 Å². The van der Waals surface area contributed by atoms with E-state index >= 15 is 0 Å². The lowest BCUT2D eigenvalue weighted by Gasteiger charge is -2.10. The number of aromatic nitrogens is 1. The fraction of sp³-hybridized carbons (Fsp3) is 0.143. The molecule has 0 atom stereocenters. The van der Waals surface area contributed by atoms with Crippen molar-refractivity contribution >= 4 is 17.4 Å². The first-order valence-electron chi connectivity index (χ1n) is 6.64. The van der Waals surface area contributed by atoms with Crippen molar-refractivity contribution in [1.82, 2.24) is 4.98 Å². The second kappa shape index (κ2) is 7.31. The molecule has 3 N–H and O–H groups in total. The van der Waals surface area contributed by atoms with Crippen LogP contribution in [-0.4, -0.2) is 29.0 Å². The number of benzene rings is 1. The van der Waals surface area contributed by atoms with Crippen LogP contribution in [0.2, 0.25) is 0 Å². The second-order valence-corrected chi connectivity index (χ2v) is 4.56. The van der Waals surface area contributed by atoms with Crippen molar-refractivity contribution < 1.29 is 23.2 Å². The van der Waals surface area contributed by atoms with Crippen molar-refractivity contribution in [2.75, 3.05) is 18.5 Å². The first-order chi connectivity index (χ1) is 11.4. The zero-order valence-corrected chi connectivity index (χ0v) is 12.2. The highest BCUT2D eigenvalue weighted by molar-refractivity contribution is 5.98. The molecule has 1 aromatic carbocycles. The molecule has 0 aliphatic carbocycles. The number of pyridine rings is 1. The molecule has 8 nitrogen and oxygen atoms in total. The van der Waals surface area contributed by atoms with Gasteiger partial charge in [-0.15, -0.1) is 0 Å². The van der Waals surface area contributed by atoms with E-state index in [4.69, 9.17) is 10.5 Å². The Morgan fingerprint density at radius 2 is 2.08 bits per heavy atom. The van der Waals surface area contributed by atoms with Crippen molar-refractivity contribution in [3.8, 4) is 5.75 Å². The van der Waals surface area contributed by atoms with Crippen molar-refractivity contribution in [3.05, 3.63) is 57.8 Å². The van der Waals surface area contributed by atoms with Gasteiger partial charge >= 0.3 is 0 Å². The van der Waals surface area contributed by atoms with Gasteiger partial charge in [0.1, 0.15) is 24.4 Å². The third-order valence-corrected chi connectivity index (χ3v) is 2.90. The van der Waals surface area contributed by atoms with Gasteiger partial charge in [-0.3, -0.25) is 14.9 Å². The number of carbonyl (C=O) groups is 1. The largest absolute Gasteiger partial charge is 0.492 e. The van der Waals surface area contributed by atoms with Gasteiger partial charge in [0.2, 0.25) is 0 Å². The molecule has 2 rings (SSSR count). The minimum absolute atomic E-state index is 0.0436. The number of nitrogens with zero attached hydrogens (tertiary/aromatic N) is 2. The number of halogens is 2. The van der Waals surface area contributed by atoms with Crippen LogP contribution in [0.15, 0.2) is 30.5 Å². The van der Waals surface area contributed by atoms with Crippen LogP contribution < -0.4 is 15.8 Å². The van der Waals surface area contributed by atoms with E-state index in [1.807, 2.05) is 0 Å². The fourth-order valence-corrected chi connectivity index (χ4v) is 1.79. The number of nitrogens with one attached hydrogen (secondary N) is 1. The number of anilines is 1. The number of amides is 1. The maximum absolute atomic E-state index is 13.0. The smallest absolute Gasteiger partial charge is 0.288 e. The quantitative estimate of drug-likeness (QED) is 0.451. The molecule has 0 saturated carbocycles. The average Bonchev–Trinajstić information content (AvgIpc) is 2.54. The molecule has 0 fully saturated rings. The molecule has 0 saturated heterocycles. The summed E-state index contributed by atoms with van der Waals surface area (Å²) in [5.74, 6) is -2.71. The molecule has 0 aliphatic heterocycles. The summed E-state index contributed by atoms with van der Waals surface area (Å²) in [7, 11) is 0. The molecule has 2 aromatic rings. The van der Waals surface area contributed by atoms with Gasteiger partial charge in [0.05, 0.1) is 17.0 Å². The van der Waals surface area contributed by atoms with Crippen LogP contribution in [0.3, 0.4) is 0 Å². The molecule has 126 valence electrons. The lowest BCUT2D eigenvalue weighted by molar-refractivity contribution is -0.385. The summed E-state index contributed by atoms with van der Waals surface area (Å²) in [4.78, 5) is 25.1. The SMILES string of the molecule is NC(=O)c1cc([N+](=O)[O-])cnc1NCCOc1ccc(F)c(F)c1. The molecule has 0 radical (unpaired) electrons. The summed E-state index contributed by atoms with van der Waals surface area (Å²) in [6.45, 7) is 0.187. The van der Waals surface area contributed by atoms with Crippen LogP contribution in [0.5, 0.6) is 5.75 Å². The van der Waals surface area contributed by atoms with Crippen LogP contribution in [0.1, 0.15) is 10.4 Å². The summed E-state index contributed by atoms with van der Waals surface area (Å²) in [6, 6.07) is 4.10. The standard InChI is InChI=1S/C14H12F2N4O4/c15-11-2-1-9(6-12(11)16)24-4-3-18-14-10(13(17)21)5-8(7-19-14)20(22)23/h1-2,5-7H,3-4H2,(H2,17,21)(H,18,19). The number of hydrogen-bond donors (Lipinski definition) is 2. The molecular weight excluding hydrogens is 326 g/mol. The summed E-state index contributed by atoms with van der Waals surface area (Å²) >= 11 is 0. The number of nitrogens with two attached hydrogens (primary N) is 1. The maximum Gasteiger partial charge on any atom is 0.288 e. The van der Waals surface area contributed by atoms with Gasteiger partial charge < -0.3 is 15.8 Å². The van der Waals surface area contributed by atoms with Gasteiger partial charge in [-0.1, -0.05) is 0 Å². The Labute approximate surface area is 134 Å². The highest BCUT2D eigenvalue weighted by Gasteiger charge is 2.16. The molecule has 0 spiro atoms. The Hall–Kier alpha value is -3.30. The molecule has 0 unspecified atom stereocenters. The zero-order valence-electron chi connectivity index (χ0n) is 12.2. The number of nitro groups is 1. The van der Waals surface area contributed by atoms with Crippen LogP contribution in [0.4, 0.5) is 20.3 Å². The van der Waals surface area contributed by atoms with Gasteiger partial charge in [-0.25, -0.2) is 13.8 Å². The van der Waals surface area contributed by atoms with Gasteiger partial charge in [0.15, 0.2) is 11.6 Å². The minimum atomic E-state index is -1.03. The van der Waals surface area contributed by atoms with Crippen LogP contribution >= 0.6 is 0 Å². The topological polar surface area (TPSA) is 120 Å². The van der Waals surface area contributed by atoms with E-state index in [0.29, 0.717) is 0 Å². The predicted octanol–water partition coefficient (Wildman–Crippen LogP) is 1.86. The second-order valence-electron chi connectivity index (χ2n) is 4.56. The van der Waals surface area contributed by atoms with Crippen molar-refractivity contribution in [1.29, 1.82) is 0 Å². The van der Waals surface area contributed by atoms with Gasteiger partial charge in [0, 0.05) is 12.1 Å². The Balaban J connectivity index is 1.97.